The Labute approximate surface area is 128 Å². The zero-order valence-corrected chi connectivity index (χ0v) is 12.8. The van der Waals surface area contributed by atoms with Crippen LogP contribution in [0.15, 0.2) is 46.1 Å². The van der Waals surface area contributed by atoms with Crippen LogP contribution in [0.4, 0.5) is 0 Å². The molecule has 1 aliphatic carbocycles. The van der Waals surface area contributed by atoms with Crippen LogP contribution in [0.25, 0.3) is 0 Å². The van der Waals surface area contributed by atoms with Gasteiger partial charge in [-0.15, -0.1) is 0 Å². The summed E-state index contributed by atoms with van der Waals surface area (Å²) in [7, 11) is -3.55. The maximum atomic E-state index is 12.1. The number of sulfonamides is 1. The molecule has 0 saturated carbocycles. The summed E-state index contributed by atoms with van der Waals surface area (Å²) < 4.78 is 28.0. The number of fused-ring (bicyclic) bond motifs is 1. The van der Waals surface area contributed by atoms with E-state index < -0.39 is 10.0 Å². The fourth-order valence-electron chi connectivity index (χ4n) is 2.57. The summed E-state index contributed by atoms with van der Waals surface area (Å²) in [6, 6.07) is 9.76. The molecule has 1 heterocycles. The Kier molecular flexibility index (Phi) is 4.08. The molecule has 1 aromatic carbocycles. The monoisotopic (exact) mass is 319 g/mol. The molecule has 3 rings (SSSR count). The Bertz CT molecular complexity index is 829. The van der Waals surface area contributed by atoms with Crippen LogP contribution in [0.3, 0.4) is 0 Å². The quantitative estimate of drug-likeness (QED) is 0.880. The van der Waals surface area contributed by atoms with Crippen molar-refractivity contribution >= 4 is 10.0 Å². The number of benzene rings is 1. The van der Waals surface area contributed by atoms with Crippen LogP contribution in [-0.4, -0.2) is 24.7 Å². The van der Waals surface area contributed by atoms with Crippen LogP contribution in [0, 0.1) is 0 Å². The average molecular weight is 319 g/mol. The standard InChI is InChI=1S/C15H17N3O3S/c19-15-11-12-5-4-8-14(12)17-18(15)10-9-16-22(20,21)13-6-2-1-3-7-13/h1-3,6-7,11,16H,4-5,8-10H2. The molecular weight excluding hydrogens is 302 g/mol. The van der Waals surface area contributed by atoms with E-state index in [1.807, 2.05) is 0 Å². The normalized spacial score (nSPS) is 14.0. The predicted octanol–water partition coefficient (Wildman–Crippen LogP) is 0.710. The van der Waals surface area contributed by atoms with Crippen molar-refractivity contribution in [3.63, 3.8) is 0 Å². The summed E-state index contributed by atoms with van der Waals surface area (Å²) in [4.78, 5) is 12.1. The first-order valence-corrected chi connectivity index (χ1v) is 8.69. The molecule has 1 aromatic heterocycles. The van der Waals surface area contributed by atoms with E-state index in [-0.39, 0.29) is 23.5 Å². The second-order valence-electron chi connectivity index (χ2n) is 5.24. The van der Waals surface area contributed by atoms with Gasteiger partial charge in [0.15, 0.2) is 0 Å². The molecule has 0 unspecified atom stereocenters. The Morgan fingerprint density at radius 3 is 2.73 bits per heavy atom. The molecule has 0 bridgehead atoms. The van der Waals surface area contributed by atoms with Gasteiger partial charge >= 0.3 is 0 Å². The lowest BCUT2D eigenvalue weighted by molar-refractivity contribution is 0.541. The molecule has 6 nitrogen and oxygen atoms in total. The number of nitrogens with one attached hydrogen (secondary N) is 1. The van der Waals surface area contributed by atoms with Gasteiger partial charge in [0, 0.05) is 12.6 Å². The molecule has 0 radical (unpaired) electrons. The molecule has 7 heteroatoms. The number of hydrogen-bond donors (Lipinski definition) is 1. The van der Waals surface area contributed by atoms with Crippen molar-refractivity contribution in [1.82, 2.24) is 14.5 Å². The summed E-state index contributed by atoms with van der Waals surface area (Å²) in [5.41, 5.74) is 1.79. The third kappa shape index (κ3) is 3.10. The van der Waals surface area contributed by atoms with Gasteiger partial charge in [-0.2, -0.15) is 5.10 Å². The molecule has 1 aliphatic rings. The van der Waals surface area contributed by atoms with E-state index in [9.17, 15) is 13.2 Å². The number of aromatic nitrogens is 2. The van der Waals surface area contributed by atoms with Crippen molar-refractivity contribution in [2.45, 2.75) is 30.7 Å². The molecule has 0 saturated heterocycles. The molecule has 0 amide bonds. The lowest BCUT2D eigenvalue weighted by atomic mass is 10.2. The summed E-state index contributed by atoms with van der Waals surface area (Å²) in [6.07, 6.45) is 2.80. The minimum atomic E-state index is -3.55. The molecule has 116 valence electrons. The van der Waals surface area contributed by atoms with E-state index >= 15 is 0 Å². The van der Waals surface area contributed by atoms with Crippen molar-refractivity contribution in [2.24, 2.45) is 0 Å². The molecule has 2 aromatic rings. The van der Waals surface area contributed by atoms with E-state index in [2.05, 4.69) is 9.82 Å². The average Bonchev–Trinajstić information content (AvgIpc) is 2.95. The lowest BCUT2D eigenvalue weighted by Gasteiger charge is -2.09. The first kappa shape index (κ1) is 14.9. The highest BCUT2D eigenvalue weighted by molar-refractivity contribution is 7.89. The van der Waals surface area contributed by atoms with Gasteiger partial charge in [0.2, 0.25) is 10.0 Å². The van der Waals surface area contributed by atoms with E-state index in [1.54, 1.807) is 24.3 Å². The molecule has 22 heavy (non-hydrogen) atoms. The first-order valence-electron chi connectivity index (χ1n) is 7.21. The van der Waals surface area contributed by atoms with Gasteiger partial charge in [-0.05, 0) is 37.0 Å². The largest absolute Gasteiger partial charge is 0.268 e. The topological polar surface area (TPSA) is 81.1 Å². The van der Waals surface area contributed by atoms with E-state index in [1.165, 1.54) is 16.8 Å². The zero-order valence-electron chi connectivity index (χ0n) is 12.0. The van der Waals surface area contributed by atoms with Crippen LogP contribution in [0.1, 0.15) is 17.7 Å². The maximum Gasteiger partial charge on any atom is 0.267 e. The fraction of sp³-hybridized carbons (Fsp3) is 0.333. The van der Waals surface area contributed by atoms with Gasteiger partial charge in [0.1, 0.15) is 0 Å². The second-order valence-corrected chi connectivity index (χ2v) is 7.01. The Hall–Kier alpha value is -1.99. The van der Waals surface area contributed by atoms with Crippen LogP contribution in [-0.2, 0) is 29.4 Å². The summed E-state index contributed by atoms with van der Waals surface area (Å²) in [5.74, 6) is 0. The van der Waals surface area contributed by atoms with Crippen molar-refractivity contribution in [2.75, 3.05) is 6.54 Å². The van der Waals surface area contributed by atoms with Gasteiger partial charge in [-0.1, -0.05) is 18.2 Å². The van der Waals surface area contributed by atoms with Crippen LogP contribution in [0.5, 0.6) is 0 Å². The van der Waals surface area contributed by atoms with E-state index in [4.69, 9.17) is 0 Å². The molecular formula is C15H17N3O3S. The Morgan fingerprint density at radius 1 is 1.18 bits per heavy atom. The molecule has 0 fully saturated rings. The van der Waals surface area contributed by atoms with Crippen molar-refractivity contribution in [1.29, 1.82) is 0 Å². The van der Waals surface area contributed by atoms with Gasteiger partial charge < -0.3 is 0 Å². The van der Waals surface area contributed by atoms with Gasteiger partial charge in [-0.3, -0.25) is 4.79 Å². The highest BCUT2D eigenvalue weighted by Crippen LogP contribution is 2.16. The Balaban J connectivity index is 1.68. The predicted molar refractivity (Wildman–Crippen MR) is 82.2 cm³/mol. The van der Waals surface area contributed by atoms with E-state index in [0.717, 1.165) is 30.5 Å². The SMILES string of the molecule is O=c1cc2c(nn1CCNS(=O)(=O)c1ccccc1)CCC2. The third-order valence-corrected chi connectivity index (χ3v) is 5.17. The molecule has 0 aliphatic heterocycles. The summed E-state index contributed by atoms with van der Waals surface area (Å²) >= 11 is 0. The minimum Gasteiger partial charge on any atom is -0.268 e. The van der Waals surface area contributed by atoms with Crippen LogP contribution < -0.4 is 10.3 Å². The van der Waals surface area contributed by atoms with Gasteiger partial charge in [-0.25, -0.2) is 17.8 Å². The smallest absolute Gasteiger partial charge is 0.267 e. The minimum absolute atomic E-state index is 0.128. The lowest BCUT2D eigenvalue weighted by Crippen LogP contribution is -2.32. The number of rotatable bonds is 5. The summed E-state index contributed by atoms with van der Waals surface area (Å²) in [6.45, 7) is 0.348. The van der Waals surface area contributed by atoms with Crippen molar-refractivity contribution in [3.8, 4) is 0 Å². The highest BCUT2D eigenvalue weighted by Gasteiger charge is 2.16. The fourth-order valence-corrected chi connectivity index (χ4v) is 3.61. The molecule has 1 N–H and O–H groups in total. The first-order chi connectivity index (χ1) is 10.6. The number of hydrogen-bond acceptors (Lipinski definition) is 4. The Morgan fingerprint density at radius 2 is 1.95 bits per heavy atom. The number of aryl methyl sites for hydroxylation is 2. The van der Waals surface area contributed by atoms with Gasteiger partial charge in [0.25, 0.3) is 5.56 Å². The van der Waals surface area contributed by atoms with Crippen LogP contribution in [0.2, 0.25) is 0 Å². The maximum absolute atomic E-state index is 12.1. The molecule has 0 atom stereocenters. The van der Waals surface area contributed by atoms with Crippen molar-refractivity contribution in [3.05, 3.63) is 58.0 Å². The number of nitrogens with zero attached hydrogens (tertiary/aromatic N) is 2. The third-order valence-electron chi connectivity index (χ3n) is 3.69. The summed E-state index contributed by atoms with van der Waals surface area (Å²) in [5, 5.41) is 4.31. The van der Waals surface area contributed by atoms with E-state index in [0.29, 0.717) is 0 Å². The second kappa shape index (κ2) is 6.02. The zero-order chi connectivity index (χ0) is 15.6. The van der Waals surface area contributed by atoms with Crippen molar-refractivity contribution < 1.29 is 8.42 Å². The highest BCUT2D eigenvalue weighted by atomic mass is 32.2. The molecule has 0 spiro atoms. The van der Waals surface area contributed by atoms with Gasteiger partial charge in [0.05, 0.1) is 17.1 Å². The van der Waals surface area contributed by atoms with Crippen LogP contribution >= 0.6 is 0 Å².